The minimum atomic E-state index is -1.28. The number of hydrogen-bond acceptors (Lipinski definition) is 5. The van der Waals surface area contributed by atoms with Crippen molar-refractivity contribution < 1.29 is 24.8 Å². The van der Waals surface area contributed by atoms with E-state index in [4.69, 9.17) is 9.47 Å². The molecule has 2 heterocycles. The van der Waals surface area contributed by atoms with Gasteiger partial charge in [-0.2, -0.15) is 0 Å². The normalized spacial score (nSPS) is 39.2. The van der Waals surface area contributed by atoms with E-state index in [1.807, 2.05) is 0 Å². The number of aliphatic hydroxyl groups excluding tert-OH is 3. The van der Waals surface area contributed by atoms with Crippen molar-refractivity contribution in [1.82, 2.24) is 0 Å². The Hall–Kier alpha value is -1.50. The third-order valence-corrected chi connectivity index (χ3v) is 3.15. The summed E-state index contributed by atoms with van der Waals surface area (Å²) in [4.78, 5) is 0. The number of allylic oxidation sites excluding steroid dienone is 1. The van der Waals surface area contributed by atoms with E-state index < -0.39 is 24.1 Å². The first-order valence-corrected chi connectivity index (χ1v) is 6.08. The third-order valence-electron chi connectivity index (χ3n) is 3.15. The molecule has 2 saturated heterocycles. The Kier molecular flexibility index (Phi) is 4.14. The van der Waals surface area contributed by atoms with Crippen LogP contribution < -0.4 is 0 Å². The number of rotatable bonds is 0. The predicted octanol–water partition coefficient (Wildman–Crippen LogP) is -0.483. The minimum Gasteiger partial charge on any atom is -0.460 e. The summed E-state index contributed by atoms with van der Waals surface area (Å²) in [6, 6.07) is 0. The van der Waals surface area contributed by atoms with Gasteiger partial charge >= 0.3 is 0 Å². The van der Waals surface area contributed by atoms with E-state index in [-0.39, 0.29) is 12.4 Å². The molecule has 0 unspecified atom stereocenters. The Morgan fingerprint density at radius 2 is 2.11 bits per heavy atom. The van der Waals surface area contributed by atoms with Crippen molar-refractivity contribution in [2.45, 2.75) is 43.9 Å². The van der Waals surface area contributed by atoms with Crippen molar-refractivity contribution in [2.75, 3.05) is 6.61 Å². The van der Waals surface area contributed by atoms with E-state index in [1.165, 1.54) is 6.08 Å². The van der Waals surface area contributed by atoms with Crippen molar-refractivity contribution in [1.29, 1.82) is 0 Å². The molecule has 0 aromatic rings. The summed E-state index contributed by atoms with van der Waals surface area (Å²) in [5, 5.41) is 29.3. The Morgan fingerprint density at radius 3 is 2.74 bits per heavy atom. The smallest absolute Gasteiger partial charge is 0.239 e. The van der Waals surface area contributed by atoms with Crippen LogP contribution in [-0.2, 0) is 9.47 Å². The lowest BCUT2D eigenvalue weighted by Gasteiger charge is -2.36. The molecule has 0 aromatic carbocycles. The molecule has 3 N–H and O–H groups in total. The molecule has 0 aliphatic carbocycles. The maximum atomic E-state index is 10.0. The van der Waals surface area contributed by atoms with Crippen LogP contribution in [-0.4, -0.2) is 46.0 Å². The van der Waals surface area contributed by atoms with Crippen LogP contribution in [0.4, 0.5) is 0 Å². The highest BCUT2D eigenvalue weighted by Crippen LogP contribution is 2.40. The van der Waals surface area contributed by atoms with Gasteiger partial charge < -0.3 is 24.8 Å². The van der Waals surface area contributed by atoms with Gasteiger partial charge in [0, 0.05) is 12.5 Å². The van der Waals surface area contributed by atoms with Crippen molar-refractivity contribution in [3.8, 4) is 23.7 Å². The van der Waals surface area contributed by atoms with Gasteiger partial charge in [-0.3, -0.25) is 0 Å². The maximum absolute atomic E-state index is 10.0. The standard InChI is InChI=1S/C14H16O5/c1-2-3-4-5-6-11-12(16)13(17)14(19-11)8-7-10(15)9-18-14/h6,10,12-13,15-17H,7-9H2,1H3/b11-6+/t10-,12+,13-,14+/m1/s1. The second kappa shape index (κ2) is 5.64. The summed E-state index contributed by atoms with van der Waals surface area (Å²) in [6.07, 6.45) is -0.798. The fraction of sp³-hybridized carbons (Fsp3) is 0.571. The van der Waals surface area contributed by atoms with Crippen LogP contribution in [0.1, 0.15) is 19.8 Å². The summed E-state index contributed by atoms with van der Waals surface area (Å²) in [5.41, 5.74) is 0. The molecule has 19 heavy (non-hydrogen) atoms. The molecule has 0 amide bonds. The van der Waals surface area contributed by atoms with Crippen molar-refractivity contribution >= 4 is 0 Å². The Morgan fingerprint density at radius 1 is 1.32 bits per heavy atom. The van der Waals surface area contributed by atoms with Gasteiger partial charge in [0.2, 0.25) is 5.79 Å². The SMILES string of the molecule is CC#CC#C/C=C1/O[C@@]2(CC[C@@H](O)CO2)[C@H](O)[C@H]1O. The van der Waals surface area contributed by atoms with Crippen molar-refractivity contribution in [2.24, 2.45) is 0 Å². The number of aliphatic hydroxyl groups is 3. The van der Waals surface area contributed by atoms with Gasteiger partial charge in [-0.15, -0.1) is 0 Å². The van der Waals surface area contributed by atoms with Crippen LogP contribution >= 0.6 is 0 Å². The highest BCUT2D eigenvalue weighted by molar-refractivity contribution is 5.33. The molecule has 4 atom stereocenters. The van der Waals surface area contributed by atoms with Gasteiger partial charge in [0.05, 0.1) is 12.7 Å². The van der Waals surface area contributed by atoms with E-state index in [9.17, 15) is 15.3 Å². The molecule has 2 fully saturated rings. The van der Waals surface area contributed by atoms with Crippen LogP contribution in [0.2, 0.25) is 0 Å². The Balaban J connectivity index is 2.14. The molecule has 5 heteroatoms. The molecule has 0 bridgehead atoms. The molecule has 5 nitrogen and oxygen atoms in total. The van der Waals surface area contributed by atoms with Gasteiger partial charge in [-0.05, 0) is 25.2 Å². The second-order valence-corrected chi connectivity index (χ2v) is 4.50. The van der Waals surface area contributed by atoms with E-state index in [2.05, 4.69) is 23.7 Å². The van der Waals surface area contributed by atoms with Crippen molar-refractivity contribution in [3.63, 3.8) is 0 Å². The zero-order valence-electron chi connectivity index (χ0n) is 10.6. The van der Waals surface area contributed by atoms with Gasteiger partial charge in [0.25, 0.3) is 0 Å². The highest BCUT2D eigenvalue weighted by Gasteiger charge is 2.55. The zero-order valence-corrected chi connectivity index (χ0v) is 10.6. The minimum absolute atomic E-state index is 0.0735. The van der Waals surface area contributed by atoms with E-state index in [0.29, 0.717) is 12.8 Å². The molecule has 102 valence electrons. The van der Waals surface area contributed by atoms with E-state index >= 15 is 0 Å². The molecule has 1 spiro atoms. The molecule has 2 aliphatic rings. The summed E-state index contributed by atoms with van der Waals surface area (Å²) < 4.78 is 10.9. The number of ether oxygens (including phenoxy) is 2. The van der Waals surface area contributed by atoms with Gasteiger partial charge in [0.15, 0.2) is 6.10 Å². The highest BCUT2D eigenvalue weighted by atomic mass is 16.7. The second-order valence-electron chi connectivity index (χ2n) is 4.50. The molecule has 0 radical (unpaired) electrons. The molecule has 0 aromatic heterocycles. The lowest BCUT2D eigenvalue weighted by molar-refractivity contribution is -0.272. The first kappa shape index (κ1) is 13.9. The summed E-state index contributed by atoms with van der Waals surface area (Å²) in [6.45, 7) is 1.74. The quantitative estimate of drug-likeness (QED) is 0.515. The van der Waals surface area contributed by atoms with E-state index in [1.54, 1.807) is 6.92 Å². The average Bonchev–Trinajstić information content (AvgIpc) is 2.64. The summed E-state index contributed by atoms with van der Waals surface area (Å²) in [7, 11) is 0. The first-order chi connectivity index (χ1) is 9.09. The Bertz CT molecular complexity index is 479. The Labute approximate surface area is 111 Å². The fourth-order valence-electron chi connectivity index (χ4n) is 2.11. The molecular formula is C14H16O5. The lowest BCUT2D eigenvalue weighted by atomic mass is 9.97. The van der Waals surface area contributed by atoms with Crippen LogP contribution in [0.5, 0.6) is 0 Å². The van der Waals surface area contributed by atoms with Crippen LogP contribution in [0.25, 0.3) is 0 Å². The predicted molar refractivity (Wildman–Crippen MR) is 66.3 cm³/mol. The van der Waals surface area contributed by atoms with Gasteiger partial charge in [0.1, 0.15) is 11.9 Å². The van der Waals surface area contributed by atoms with Crippen molar-refractivity contribution in [3.05, 3.63) is 11.8 Å². The fourth-order valence-corrected chi connectivity index (χ4v) is 2.11. The lowest BCUT2D eigenvalue weighted by Crippen LogP contribution is -2.50. The first-order valence-electron chi connectivity index (χ1n) is 6.08. The zero-order chi connectivity index (χ0) is 13.9. The monoisotopic (exact) mass is 264 g/mol. The van der Waals surface area contributed by atoms with E-state index in [0.717, 1.165) is 0 Å². The van der Waals surface area contributed by atoms with Crippen LogP contribution in [0.15, 0.2) is 11.8 Å². The van der Waals surface area contributed by atoms with Gasteiger partial charge in [-0.1, -0.05) is 11.8 Å². The van der Waals surface area contributed by atoms with Crippen LogP contribution in [0.3, 0.4) is 0 Å². The molecule has 2 rings (SSSR count). The maximum Gasteiger partial charge on any atom is 0.239 e. The topological polar surface area (TPSA) is 79.2 Å². The van der Waals surface area contributed by atoms with Crippen LogP contribution in [0, 0.1) is 23.7 Å². The third kappa shape index (κ3) is 2.75. The molecular weight excluding hydrogens is 248 g/mol. The summed E-state index contributed by atoms with van der Waals surface area (Å²) >= 11 is 0. The molecule has 2 aliphatic heterocycles. The van der Waals surface area contributed by atoms with Gasteiger partial charge in [-0.25, -0.2) is 0 Å². The average molecular weight is 264 g/mol. The number of hydrogen-bond donors (Lipinski definition) is 3. The largest absolute Gasteiger partial charge is 0.460 e. The molecule has 0 saturated carbocycles. The summed E-state index contributed by atoms with van der Waals surface area (Å²) in [5.74, 6) is 9.24.